The zero-order chi connectivity index (χ0) is 23.1. The molecule has 1 amide bonds. The van der Waals surface area contributed by atoms with E-state index in [1.54, 1.807) is 50.1 Å². The predicted octanol–water partition coefficient (Wildman–Crippen LogP) is 3.60. The minimum Gasteiger partial charge on any atom is -0.495 e. The van der Waals surface area contributed by atoms with Gasteiger partial charge in [-0.1, -0.05) is 0 Å². The molecule has 3 rings (SSSR count). The van der Waals surface area contributed by atoms with Gasteiger partial charge in [0, 0.05) is 13.1 Å². The van der Waals surface area contributed by atoms with Gasteiger partial charge in [-0.15, -0.1) is 0 Å². The van der Waals surface area contributed by atoms with Crippen LogP contribution in [0.4, 0.5) is 23.0 Å². The lowest BCUT2D eigenvalue weighted by Gasteiger charge is -2.41. The summed E-state index contributed by atoms with van der Waals surface area (Å²) in [6.07, 6.45) is 0. The number of amides is 1. The highest BCUT2D eigenvalue weighted by molar-refractivity contribution is 7.92. The molecule has 0 bridgehead atoms. The summed E-state index contributed by atoms with van der Waals surface area (Å²) in [5.74, 6) is 1.73. The Labute approximate surface area is 184 Å². The molecule has 0 spiro atoms. The van der Waals surface area contributed by atoms with Crippen LogP contribution in [0.3, 0.4) is 0 Å². The molecule has 0 fully saturated rings. The van der Waals surface area contributed by atoms with E-state index in [9.17, 15) is 13.2 Å². The molecule has 1 aliphatic rings. The lowest BCUT2D eigenvalue weighted by Crippen LogP contribution is -2.53. The molecule has 2 heterocycles. The van der Waals surface area contributed by atoms with Crippen molar-refractivity contribution in [2.24, 2.45) is 0 Å². The van der Waals surface area contributed by atoms with Crippen LogP contribution in [0, 0.1) is 0 Å². The Morgan fingerprint density at radius 1 is 1.13 bits per heavy atom. The van der Waals surface area contributed by atoms with E-state index in [1.807, 2.05) is 31.7 Å². The van der Waals surface area contributed by atoms with E-state index in [-0.39, 0.29) is 22.9 Å². The van der Waals surface area contributed by atoms with Gasteiger partial charge in [-0.05, 0) is 65.0 Å². The van der Waals surface area contributed by atoms with Gasteiger partial charge < -0.3 is 19.9 Å². The first-order valence-corrected chi connectivity index (χ1v) is 11.8. The maximum Gasteiger partial charge on any atom is 0.249 e. The third-order valence-electron chi connectivity index (χ3n) is 5.50. The number of pyridine rings is 1. The van der Waals surface area contributed by atoms with Crippen molar-refractivity contribution >= 4 is 38.8 Å². The van der Waals surface area contributed by atoms with Crippen molar-refractivity contribution in [3.8, 4) is 5.75 Å². The summed E-state index contributed by atoms with van der Waals surface area (Å²) in [5, 5.41) is 2.66. The highest BCUT2D eigenvalue weighted by Crippen LogP contribution is 2.37. The molecule has 0 saturated carbocycles. The van der Waals surface area contributed by atoms with E-state index in [2.05, 4.69) is 5.32 Å². The quantitative estimate of drug-likeness (QED) is 0.725. The SMILES string of the molecule is COc1ccc(S(=O)(=O)C(C)C)cc1Nc1ccc2c(n1)N(C(C)C)[C@H](C)C(=O)N2C. The number of carbonyl (C=O) groups excluding carboxylic acids is 1. The average molecular weight is 447 g/mol. The van der Waals surface area contributed by atoms with Gasteiger partial charge in [0.1, 0.15) is 17.6 Å². The molecule has 168 valence electrons. The Bertz CT molecular complexity index is 1100. The van der Waals surface area contributed by atoms with E-state index < -0.39 is 15.1 Å². The summed E-state index contributed by atoms with van der Waals surface area (Å²) in [5.41, 5.74) is 1.23. The summed E-state index contributed by atoms with van der Waals surface area (Å²) in [4.78, 5) is 21.2. The number of likely N-dealkylation sites (N-methyl/N-ethyl adjacent to an activating group) is 1. The van der Waals surface area contributed by atoms with Crippen LogP contribution >= 0.6 is 0 Å². The number of hydrogen-bond acceptors (Lipinski definition) is 7. The molecule has 0 aliphatic carbocycles. The molecule has 1 aromatic heterocycles. The molecule has 0 unspecified atom stereocenters. The number of benzene rings is 1. The Morgan fingerprint density at radius 3 is 2.39 bits per heavy atom. The molecule has 8 nitrogen and oxygen atoms in total. The van der Waals surface area contributed by atoms with Gasteiger partial charge in [0.15, 0.2) is 15.7 Å². The van der Waals surface area contributed by atoms with Gasteiger partial charge in [-0.3, -0.25) is 4.79 Å². The molecule has 2 aromatic rings. The van der Waals surface area contributed by atoms with Crippen molar-refractivity contribution in [3.63, 3.8) is 0 Å². The van der Waals surface area contributed by atoms with Gasteiger partial charge in [0.05, 0.1) is 28.6 Å². The van der Waals surface area contributed by atoms with Gasteiger partial charge in [-0.2, -0.15) is 0 Å². The molecule has 1 N–H and O–H groups in total. The first-order valence-electron chi connectivity index (χ1n) is 10.2. The van der Waals surface area contributed by atoms with Crippen molar-refractivity contribution in [1.29, 1.82) is 0 Å². The number of ether oxygens (including phenoxy) is 1. The molecular formula is C22H30N4O4S. The smallest absolute Gasteiger partial charge is 0.249 e. The van der Waals surface area contributed by atoms with Crippen molar-refractivity contribution in [2.45, 2.75) is 56.8 Å². The number of rotatable bonds is 6. The van der Waals surface area contributed by atoms with Gasteiger partial charge in [-0.25, -0.2) is 13.4 Å². The van der Waals surface area contributed by atoms with Gasteiger partial charge >= 0.3 is 0 Å². The lowest BCUT2D eigenvalue weighted by molar-refractivity contribution is -0.119. The fourth-order valence-corrected chi connectivity index (χ4v) is 4.81. The molecule has 1 atom stereocenters. The number of nitrogens with zero attached hydrogens (tertiary/aromatic N) is 3. The standard InChI is InChI=1S/C22H30N4O4S/c1-13(2)26-15(5)22(27)25(6)18-9-11-20(24-21(18)26)23-17-12-16(8-10-19(17)30-7)31(28,29)14(3)4/h8-15H,1-7H3,(H,23,24)/t15-/m1/s1. The first kappa shape index (κ1) is 22.9. The molecule has 1 aliphatic heterocycles. The lowest BCUT2D eigenvalue weighted by atomic mass is 10.1. The van der Waals surface area contributed by atoms with Crippen molar-refractivity contribution in [2.75, 3.05) is 29.3 Å². The number of fused-ring (bicyclic) bond motifs is 1. The number of sulfone groups is 1. The molecular weight excluding hydrogens is 416 g/mol. The highest BCUT2D eigenvalue weighted by atomic mass is 32.2. The Morgan fingerprint density at radius 2 is 1.81 bits per heavy atom. The predicted molar refractivity (Wildman–Crippen MR) is 123 cm³/mol. The highest BCUT2D eigenvalue weighted by Gasteiger charge is 2.36. The second-order valence-electron chi connectivity index (χ2n) is 8.19. The number of hydrogen-bond donors (Lipinski definition) is 1. The molecule has 0 radical (unpaired) electrons. The van der Waals surface area contributed by atoms with Crippen LogP contribution < -0.4 is 19.9 Å². The second kappa shape index (κ2) is 8.37. The second-order valence-corrected chi connectivity index (χ2v) is 10.7. The fourth-order valence-electron chi connectivity index (χ4n) is 3.73. The van der Waals surface area contributed by atoms with Crippen LogP contribution in [0.15, 0.2) is 35.2 Å². The summed E-state index contributed by atoms with van der Waals surface area (Å²) in [6.45, 7) is 9.20. The number of methoxy groups -OCH3 is 1. The molecule has 0 saturated heterocycles. The zero-order valence-electron chi connectivity index (χ0n) is 19.0. The fraction of sp³-hybridized carbons (Fsp3) is 0.455. The first-order chi connectivity index (χ1) is 14.5. The summed E-state index contributed by atoms with van der Waals surface area (Å²) >= 11 is 0. The van der Waals surface area contributed by atoms with Crippen molar-refractivity contribution in [1.82, 2.24) is 4.98 Å². The Balaban J connectivity index is 2.06. The Kier molecular flexibility index (Phi) is 6.18. The average Bonchev–Trinajstić information content (AvgIpc) is 2.71. The number of nitrogens with one attached hydrogen (secondary N) is 1. The van der Waals surface area contributed by atoms with E-state index in [0.717, 1.165) is 5.69 Å². The van der Waals surface area contributed by atoms with E-state index in [1.165, 1.54) is 7.11 Å². The summed E-state index contributed by atoms with van der Waals surface area (Å²) in [6, 6.07) is 8.07. The molecule has 9 heteroatoms. The van der Waals surface area contributed by atoms with Crippen LogP contribution in [0.1, 0.15) is 34.6 Å². The molecule has 31 heavy (non-hydrogen) atoms. The number of aromatic nitrogens is 1. The number of carbonyl (C=O) groups is 1. The minimum atomic E-state index is -3.44. The summed E-state index contributed by atoms with van der Waals surface area (Å²) < 4.78 is 30.7. The van der Waals surface area contributed by atoms with E-state index in [4.69, 9.17) is 9.72 Å². The summed E-state index contributed by atoms with van der Waals surface area (Å²) in [7, 11) is -0.169. The van der Waals surface area contributed by atoms with Crippen LogP contribution in [0.5, 0.6) is 5.75 Å². The third-order valence-corrected chi connectivity index (χ3v) is 7.66. The largest absolute Gasteiger partial charge is 0.495 e. The maximum atomic E-state index is 12.6. The van der Waals surface area contributed by atoms with Gasteiger partial charge in [0.25, 0.3) is 0 Å². The van der Waals surface area contributed by atoms with Crippen LogP contribution in [-0.4, -0.2) is 50.8 Å². The topological polar surface area (TPSA) is 91.8 Å². The maximum absolute atomic E-state index is 12.6. The van der Waals surface area contributed by atoms with E-state index >= 15 is 0 Å². The Hall–Kier alpha value is -2.81. The normalized spacial score (nSPS) is 16.7. The third kappa shape index (κ3) is 4.06. The zero-order valence-corrected chi connectivity index (χ0v) is 19.8. The monoisotopic (exact) mass is 446 g/mol. The van der Waals surface area contributed by atoms with Crippen LogP contribution in [0.25, 0.3) is 0 Å². The van der Waals surface area contributed by atoms with Crippen molar-refractivity contribution < 1.29 is 17.9 Å². The minimum absolute atomic E-state index is 0.0111. The van der Waals surface area contributed by atoms with Crippen LogP contribution in [0.2, 0.25) is 0 Å². The van der Waals surface area contributed by atoms with Gasteiger partial charge in [0.2, 0.25) is 5.91 Å². The number of anilines is 4. The van der Waals surface area contributed by atoms with E-state index in [0.29, 0.717) is 23.1 Å². The van der Waals surface area contributed by atoms with Crippen molar-refractivity contribution in [3.05, 3.63) is 30.3 Å². The van der Waals surface area contributed by atoms with Crippen LogP contribution in [-0.2, 0) is 14.6 Å². The molecule has 1 aromatic carbocycles.